The van der Waals surface area contributed by atoms with Gasteiger partial charge in [-0.15, -0.1) is 11.8 Å². The number of thioether (sulfide) groups is 1. The van der Waals surface area contributed by atoms with Gasteiger partial charge in [-0.2, -0.15) is 5.26 Å². The van der Waals surface area contributed by atoms with Crippen LogP contribution in [0, 0.1) is 11.3 Å². The summed E-state index contributed by atoms with van der Waals surface area (Å²) in [4.78, 5) is 0.737. The summed E-state index contributed by atoms with van der Waals surface area (Å²) in [6.45, 7) is 8.63. The van der Waals surface area contributed by atoms with Crippen molar-refractivity contribution in [3.05, 3.63) is 40.3 Å². The fourth-order valence-electron chi connectivity index (χ4n) is 1.54. The molecule has 0 aliphatic heterocycles. The molecule has 0 saturated heterocycles. The molecule has 1 aromatic rings. The Morgan fingerprint density at radius 3 is 2.22 bits per heavy atom. The van der Waals surface area contributed by atoms with E-state index >= 15 is 0 Å². The van der Waals surface area contributed by atoms with Crippen molar-refractivity contribution in [2.45, 2.75) is 33.1 Å². The highest BCUT2D eigenvalue weighted by Gasteiger charge is 2.14. The largest absolute Gasteiger partial charge is 0.192 e. The summed E-state index contributed by atoms with van der Waals surface area (Å²) >= 11 is 5.09. The zero-order valence-electron chi connectivity index (χ0n) is 11.2. The molecule has 0 spiro atoms. The number of nitriles is 1. The van der Waals surface area contributed by atoms with Gasteiger partial charge in [-0.25, -0.2) is 0 Å². The highest BCUT2D eigenvalue weighted by molar-refractivity contribution is 9.15. The van der Waals surface area contributed by atoms with Crippen LogP contribution in [0.5, 0.6) is 0 Å². The van der Waals surface area contributed by atoms with Crippen molar-refractivity contribution < 1.29 is 0 Å². The molecule has 0 N–H and O–H groups in total. The molecule has 1 aromatic carbocycles. The first kappa shape index (κ1) is 15.3. The molecule has 0 radical (unpaired) electrons. The van der Waals surface area contributed by atoms with Gasteiger partial charge in [0.2, 0.25) is 0 Å². The second-order valence-electron chi connectivity index (χ2n) is 5.02. The van der Waals surface area contributed by atoms with Crippen LogP contribution >= 0.6 is 27.7 Å². The Labute approximate surface area is 122 Å². The molecule has 3 heteroatoms. The molecule has 0 fully saturated rings. The van der Waals surface area contributed by atoms with E-state index in [1.54, 1.807) is 11.8 Å². The molecule has 1 rings (SSSR count). The van der Waals surface area contributed by atoms with Crippen molar-refractivity contribution in [3.63, 3.8) is 0 Å². The first-order valence-corrected chi connectivity index (χ1v) is 7.71. The van der Waals surface area contributed by atoms with E-state index in [0.29, 0.717) is 0 Å². The number of hydrogen-bond acceptors (Lipinski definition) is 2. The second-order valence-corrected chi connectivity index (χ2v) is 7.08. The van der Waals surface area contributed by atoms with E-state index in [2.05, 4.69) is 67.0 Å². The minimum atomic E-state index is 0.158. The molecule has 1 nitrogen and oxygen atoms in total. The van der Waals surface area contributed by atoms with Crippen LogP contribution < -0.4 is 0 Å². The first-order chi connectivity index (χ1) is 8.40. The van der Waals surface area contributed by atoms with E-state index in [9.17, 15) is 0 Å². The molecule has 0 saturated carbocycles. The van der Waals surface area contributed by atoms with Crippen molar-refractivity contribution in [1.29, 1.82) is 5.26 Å². The van der Waals surface area contributed by atoms with Gasteiger partial charge in [0.05, 0.1) is 4.91 Å². The lowest BCUT2D eigenvalue weighted by atomic mass is 9.87. The molecule has 18 heavy (non-hydrogen) atoms. The van der Waals surface area contributed by atoms with Crippen LogP contribution in [-0.2, 0) is 5.41 Å². The van der Waals surface area contributed by atoms with Crippen LogP contribution in [0.4, 0.5) is 0 Å². The Kier molecular flexibility index (Phi) is 5.49. The van der Waals surface area contributed by atoms with E-state index in [0.717, 1.165) is 20.7 Å². The molecular weight excluding hydrogens is 306 g/mol. The van der Waals surface area contributed by atoms with Crippen LogP contribution in [-0.4, -0.2) is 5.75 Å². The van der Waals surface area contributed by atoms with E-state index in [1.165, 1.54) is 5.56 Å². The Bertz CT molecular complexity index is 475. The van der Waals surface area contributed by atoms with Crippen molar-refractivity contribution in [2.75, 3.05) is 5.75 Å². The number of allylic oxidation sites excluding steroid dienone is 1. The average molecular weight is 324 g/mol. The predicted molar refractivity (Wildman–Crippen MR) is 84.7 cm³/mol. The summed E-state index contributed by atoms with van der Waals surface area (Å²) in [5, 5.41) is 9.11. The number of rotatable bonds is 3. The minimum absolute atomic E-state index is 0.158. The number of benzene rings is 1. The standard InChI is InChI=1S/C15H18BrNS/c1-5-18-13(10-17)14(16)11-6-8-12(9-7-11)15(2,3)4/h6-9H,5H2,1-4H3. The molecule has 96 valence electrons. The highest BCUT2D eigenvalue weighted by atomic mass is 79.9. The highest BCUT2D eigenvalue weighted by Crippen LogP contribution is 2.32. The van der Waals surface area contributed by atoms with Gasteiger partial charge in [-0.1, -0.05) is 52.0 Å². The third-order valence-electron chi connectivity index (χ3n) is 2.59. The molecule has 0 aliphatic rings. The van der Waals surface area contributed by atoms with Gasteiger partial charge in [-0.05, 0) is 38.2 Å². The monoisotopic (exact) mass is 323 g/mol. The topological polar surface area (TPSA) is 23.8 Å². The van der Waals surface area contributed by atoms with E-state index in [4.69, 9.17) is 5.26 Å². The van der Waals surface area contributed by atoms with E-state index < -0.39 is 0 Å². The Morgan fingerprint density at radius 2 is 1.83 bits per heavy atom. The lowest BCUT2D eigenvalue weighted by Gasteiger charge is -2.19. The first-order valence-electron chi connectivity index (χ1n) is 5.93. The van der Waals surface area contributed by atoms with Crippen molar-refractivity contribution >= 4 is 32.2 Å². The average Bonchev–Trinajstić information content (AvgIpc) is 2.34. The smallest absolute Gasteiger partial charge is 0.107 e. The van der Waals surface area contributed by atoms with Gasteiger partial charge in [0.25, 0.3) is 0 Å². The van der Waals surface area contributed by atoms with Gasteiger partial charge >= 0.3 is 0 Å². The van der Waals surface area contributed by atoms with Crippen molar-refractivity contribution in [3.8, 4) is 6.07 Å². The molecule has 0 amide bonds. The molecule has 0 aromatic heterocycles. The number of hydrogen-bond donors (Lipinski definition) is 0. The molecule has 0 bridgehead atoms. The summed E-state index contributed by atoms with van der Waals surface area (Å²) in [7, 11) is 0. The fourth-order valence-corrected chi connectivity index (χ4v) is 2.83. The quantitative estimate of drug-likeness (QED) is 0.702. The van der Waals surface area contributed by atoms with Crippen LogP contribution in [0.15, 0.2) is 29.2 Å². The molecular formula is C15H18BrNS. The van der Waals surface area contributed by atoms with Gasteiger partial charge < -0.3 is 0 Å². The Hall–Kier alpha value is -0.720. The van der Waals surface area contributed by atoms with Gasteiger partial charge in [0.1, 0.15) is 6.07 Å². The number of halogens is 1. The van der Waals surface area contributed by atoms with Crippen LogP contribution in [0.2, 0.25) is 0 Å². The molecule has 0 atom stereocenters. The fraction of sp³-hybridized carbons (Fsp3) is 0.400. The maximum atomic E-state index is 9.11. The second kappa shape index (κ2) is 6.45. The number of nitrogens with zero attached hydrogens (tertiary/aromatic N) is 1. The lowest BCUT2D eigenvalue weighted by Crippen LogP contribution is -2.10. The summed E-state index contributed by atoms with van der Waals surface area (Å²) in [5.74, 6) is 0.901. The Morgan fingerprint density at radius 1 is 1.28 bits per heavy atom. The van der Waals surface area contributed by atoms with E-state index in [-0.39, 0.29) is 5.41 Å². The molecule has 0 aliphatic carbocycles. The summed E-state index contributed by atoms with van der Waals surface area (Å²) in [6.07, 6.45) is 0. The summed E-state index contributed by atoms with van der Waals surface area (Å²) in [5.41, 5.74) is 2.51. The summed E-state index contributed by atoms with van der Waals surface area (Å²) in [6, 6.07) is 10.6. The van der Waals surface area contributed by atoms with Crippen LogP contribution in [0.3, 0.4) is 0 Å². The van der Waals surface area contributed by atoms with E-state index in [1.807, 2.05) is 6.92 Å². The zero-order chi connectivity index (χ0) is 13.8. The third kappa shape index (κ3) is 3.90. The van der Waals surface area contributed by atoms with Gasteiger partial charge in [0.15, 0.2) is 0 Å². The SMILES string of the molecule is CCSC(C#N)=C(Br)c1ccc(C(C)(C)C)cc1. The lowest BCUT2D eigenvalue weighted by molar-refractivity contribution is 0.590. The molecule has 0 unspecified atom stereocenters. The predicted octanol–water partition coefficient (Wildman–Crippen LogP) is 5.32. The van der Waals surface area contributed by atoms with Crippen molar-refractivity contribution in [2.24, 2.45) is 0 Å². The summed E-state index contributed by atoms with van der Waals surface area (Å²) < 4.78 is 0.886. The van der Waals surface area contributed by atoms with Crippen molar-refractivity contribution in [1.82, 2.24) is 0 Å². The Balaban J connectivity index is 3.09. The normalized spacial score (nSPS) is 12.9. The van der Waals surface area contributed by atoms with Gasteiger partial charge in [0, 0.05) is 4.48 Å². The maximum Gasteiger partial charge on any atom is 0.107 e. The van der Waals surface area contributed by atoms with Gasteiger partial charge in [-0.3, -0.25) is 0 Å². The molecule has 0 heterocycles. The minimum Gasteiger partial charge on any atom is -0.192 e. The van der Waals surface area contributed by atoms with Crippen LogP contribution in [0.25, 0.3) is 4.48 Å². The zero-order valence-corrected chi connectivity index (χ0v) is 13.7. The third-order valence-corrected chi connectivity index (χ3v) is 4.58. The van der Waals surface area contributed by atoms with Crippen LogP contribution in [0.1, 0.15) is 38.8 Å². The maximum absolute atomic E-state index is 9.11.